The van der Waals surface area contributed by atoms with Gasteiger partial charge in [-0.3, -0.25) is 19.2 Å². The van der Waals surface area contributed by atoms with Gasteiger partial charge in [0.1, 0.15) is 30.1 Å². The van der Waals surface area contributed by atoms with Crippen molar-refractivity contribution in [2.45, 2.75) is 188 Å². The number of nitrogens with zero attached hydrogens (tertiary/aromatic N) is 1. The predicted octanol–water partition coefficient (Wildman–Crippen LogP) is 8.17. The molecule has 0 aromatic rings. The number of aliphatic hydroxyl groups is 2. The van der Waals surface area contributed by atoms with Crippen LogP contribution < -0.4 is 0 Å². The number of cyclic esters (lactones) is 1. The van der Waals surface area contributed by atoms with Crippen molar-refractivity contribution < 1.29 is 57.5 Å². The zero-order valence-corrected chi connectivity index (χ0v) is 41.1. The van der Waals surface area contributed by atoms with Crippen molar-refractivity contribution in [3.05, 3.63) is 47.6 Å². The monoisotopic (exact) mass is 914 g/mol. The lowest BCUT2D eigenvalue weighted by molar-refractivity contribution is -0.231. The number of aliphatic hydroxyl groups excluding tert-OH is 2. The third kappa shape index (κ3) is 14.1. The molecule has 3 aliphatic heterocycles. The summed E-state index contributed by atoms with van der Waals surface area (Å²) in [6.45, 7) is 16.7. The molecule has 2 saturated heterocycles. The third-order valence-corrected chi connectivity index (χ3v) is 14.9. The largest absolute Gasteiger partial charge is 0.460 e. The molecule has 13 heteroatoms. The molecule has 65 heavy (non-hydrogen) atoms. The van der Waals surface area contributed by atoms with Crippen molar-refractivity contribution in [1.82, 2.24) is 4.90 Å². The van der Waals surface area contributed by atoms with Gasteiger partial charge in [-0.15, -0.1) is 0 Å². The zero-order chi connectivity index (χ0) is 48.4. The van der Waals surface area contributed by atoms with E-state index in [1.807, 2.05) is 71.9 Å². The summed E-state index contributed by atoms with van der Waals surface area (Å²) in [6, 6.07) is -1.18. The Morgan fingerprint density at radius 2 is 1.62 bits per heavy atom. The van der Waals surface area contributed by atoms with Gasteiger partial charge in [0.25, 0.3) is 17.5 Å². The summed E-state index contributed by atoms with van der Waals surface area (Å²) in [5.74, 6) is -8.96. The van der Waals surface area contributed by atoms with Crippen LogP contribution in [-0.2, 0) is 42.9 Å². The number of ketones is 3. The van der Waals surface area contributed by atoms with E-state index in [2.05, 4.69) is 0 Å². The first-order chi connectivity index (χ1) is 30.5. The SMILES string of the molecule is CO[C@@H]1CC(C[C@@H](C)[C@@H]2CC(=O)[C@H](C)/C=C(\C)[C@@H](O)[C@@H](OC)C(=O)[C@H](C)C[C@H](C)/C=C/C=C/C=C(\C)C(C)(C)C[C@@H]3CC[C@@H](C)C(F)(O3)C(=O)C(=O)N3CCCCC3C(=O)O2)CC[C@@H]1O. The first kappa shape index (κ1) is 54.2. The molecule has 12 nitrogen and oxygen atoms in total. The molecule has 0 aromatic carbocycles. The van der Waals surface area contributed by atoms with Crippen LogP contribution in [0.25, 0.3) is 0 Å². The summed E-state index contributed by atoms with van der Waals surface area (Å²) in [4.78, 5) is 71.6. The molecule has 4 rings (SSSR count). The molecule has 0 radical (unpaired) electrons. The van der Waals surface area contributed by atoms with Gasteiger partial charge in [0.2, 0.25) is 0 Å². The maximum absolute atomic E-state index is 17.1. The Labute approximate surface area is 387 Å². The fraction of sp³-hybridized carbons (Fsp3) is 0.750. The van der Waals surface area contributed by atoms with Crippen LogP contribution in [0, 0.1) is 40.9 Å². The van der Waals surface area contributed by atoms with E-state index in [1.54, 1.807) is 34.0 Å². The highest BCUT2D eigenvalue weighted by Crippen LogP contribution is 2.43. The number of alkyl halides is 1. The van der Waals surface area contributed by atoms with Crippen LogP contribution in [0.1, 0.15) is 139 Å². The van der Waals surface area contributed by atoms with Crippen LogP contribution in [0.4, 0.5) is 4.39 Å². The standard InChI is InChI=1S/C52H80FNO11/c1-31-17-13-12-14-18-36(6)51(8,9)30-39-22-20-37(7)52(53,65-39)48(59)49(60)54-24-16-15-19-40(54)50(61)64-43(33(3)27-38-21-23-41(55)44(28-38)62-10)29-42(56)32(2)26-35(5)46(58)47(63-11)45(57)34(4)25-31/h12-14,17-18,26,31-34,37-41,43-44,46-47,55,58H,15-16,19-25,27-30H2,1-11H3/b14-12+,17-13+,35-26+,36-18+/t31-,32-,33-,34-,37-,38?,39+,40?,41+,43+,44-,46-,47+,52?/m1/s1. The van der Waals surface area contributed by atoms with Crippen LogP contribution >= 0.6 is 0 Å². The van der Waals surface area contributed by atoms with E-state index in [0.29, 0.717) is 69.8 Å². The first-order valence-corrected chi connectivity index (χ1v) is 24.2. The number of carbonyl (C=O) groups excluding carboxylic acids is 5. The second-order valence-electron chi connectivity index (χ2n) is 20.6. The number of rotatable bonds is 5. The van der Waals surface area contributed by atoms with E-state index >= 15 is 4.39 Å². The molecule has 1 saturated carbocycles. The van der Waals surface area contributed by atoms with Crippen LogP contribution in [0.15, 0.2) is 47.6 Å². The molecular weight excluding hydrogens is 834 g/mol. The van der Waals surface area contributed by atoms with Crippen LogP contribution in [-0.4, -0.2) is 114 Å². The molecule has 2 bridgehead atoms. The van der Waals surface area contributed by atoms with Gasteiger partial charge in [-0.1, -0.05) is 90.5 Å². The van der Waals surface area contributed by atoms with Crippen molar-refractivity contribution in [2.75, 3.05) is 20.8 Å². The molecule has 1 amide bonds. The molecule has 0 spiro atoms. The highest BCUT2D eigenvalue weighted by Gasteiger charge is 2.55. The minimum absolute atomic E-state index is 0.0257. The van der Waals surface area contributed by atoms with Crippen molar-refractivity contribution >= 4 is 29.2 Å². The molecule has 14 atom stereocenters. The lowest BCUT2D eigenvalue weighted by Gasteiger charge is -2.42. The van der Waals surface area contributed by atoms with Gasteiger partial charge in [-0.2, -0.15) is 0 Å². The van der Waals surface area contributed by atoms with Gasteiger partial charge >= 0.3 is 5.97 Å². The topological polar surface area (TPSA) is 166 Å². The lowest BCUT2D eigenvalue weighted by atomic mass is 9.77. The first-order valence-electron chi connectivity index (χ1n) is 24.2. The summed E-state index contributed by atoms with van der Waals surface area (Å²) in [6.07, 6.45) is 11.6. The second-order valence-corrected chi connectivity index (χ2v) is 20.6. The van der Waals surface area contributed by atoms with E-state index in [9.17, 15) is 34.2 Å². The smallest absolute Gasteiger partial charge is 0.329 e. The number of halogens is 1. The number of hydrogen-bond acceptors (Lipinski definition) is 11. The Kier molecular flexibility index (Phi) is 20.1. The molecule has 0 aromatic heterocycles. The Balaban J connectivity index is 1.71. The van der Waals surface area contributed by atoms with Crippen LogP contribution in [0.2, 0.25) is 0 Å². The number of Topliss-reactive ketones (excluding diaryl/α,β-unsaturated/α-hetero) is 3. The quantitative estimate of drug-likeness (QED) is 0.155. The van der Waals surface area contributed by atoms with Crippen LogP contribution in [0.5, 0.6) is 0 Å². The van der Waals surface area contributed by atoms with Gasteiger partial charge in [-0.25, -0.2) is 9.18 Å². The highest BCUT2D eigenvalue weighted by atomic mass is 19.2. The van der Waals surface area contributed by atoms with E-state index in [1.165, 1.54) is 7.11 Å². The number of methoxy groups -OCH3 is 2. The molecule has 3 fully saturated rings. The average Bonchev–Trinajstić information content (AvgIpc) is 3.26. The van der Waals surface area contributed by atoms with Gasteiger partial charge in [0.05, 0.1) is 18.3 Å². The Morgan fingerprint density at radius 1 is 0.908 bits per heavy atom. The number of ether oxygens (including phenoxy) is 4. The van der Waals surface area contributed by atoms with Crippen LogP contribution in [0.3, 0.4) is 0 Å². The number of hydrogen-bond donors (Lipinski definition) is 2. The van der Waals surface area contributed by atoms with Gasteiger partial charge in [-0.05, 0) is 113 Å². The summed E-state index contributed by atoms with van der Waals surface area (Å²) in [5, 5.41) is 21.9. The maximum atomic E-state index is 17.1. The molecule has 3 unspecified atom stereocenters. The molecule has 3 heterocycles. The normalized spacial score (nSPS) is 40.1. The Hall–Kier alpha value is -3.36. The van der Waals surface area contributed by atoms with E-state index in [-0.39, 0.29) is 54.8 Å². The molecular formula is C52H80FNO11. The highest BCUT2D eigenvalue weighted by molar-refractivity contribution is 6.39. The Morgan fingerprint density at radius 3 is 2.29 bits per heavy atom. The summed E-state index contributed by atoms with van der Waals surface area (Å²) < 4.78 is 40.5. The Bertz CT molecular complexity index is 1790. The number of amides is 1. The predicted molar refractivity (Wildman–Crippen MR) is 247 cm³/mol. The number of piperidine rings is 1. The number of fused-ring (bicyclic) bond motifs is 3. The molecule has 2 N–H and O–H groups in total. The molecule has 4 aliphatic rings. The summed E-state index contributed by atoms with van der Waals surface area (Å²) in [7, 11) is 2.94. The number of carbonyl (C=O) groups is 5. The fourth-order valence-corrected chi connectivity index (χ4v) is 10.2. The van der Waals surface area contributed by atoms with Crippen molar-refractivity contribution in [3.8, 4) is 0 Å². The average molecular weight is 914 g/mol. The molecule has 366 valence electrons. The minimum Gasteiger partial charge on any atom is -0.460 e. The van der Waals surface area contributed by atoms with Gasteiger partial charge < -0.3 is 34.1 Å². The number of allylic oxidation sites excluding steroid dienone is 7. The lowest BCUT2D eigenvalue weighted by Crippen LogP contribution is -2.59. The minimum atomic E-state index is -2.89. The maximum Gasteiger partial charge on any atom is 0.329 e. The van der Waals surface area contributed by atoms with Gasteiger partial charge in [0, 0.05) is 44.9 Å². The van der Waals surface area contributed by atoms with Crippen molar-refractivity contribution in [1.29, 1.82) is 0 Å². The fourth-order valence-electron chi connectivity index (χ4n) is 10.2. The summed E-state index contributed by atoms with van der Waals surface area (Å²) in [5.41, 5.74) is 0.941. The van der Waals surface area contributed by atoms with Crippen molar-refractivity contribution in [2.24, 2.45) is 40.9 Å². The van der Waals surface area contributed by atoms with E-state index < -0.39 is 83.2 Å². The zero-order valence-electron chi connectivity index (χ0n) is 41.1. The molecule has 1 aliphatic carbocycles. The van der Waals surface area contributed by atoms with E-state index in [0.717, 1.165) is 10.5 Å². The second kappa shape index (κ2) is 24.1. The van der Waals surface area contributed by atoms with E-state index in [4.69, 9.17) is 18.9 Å². The summed E-state index contributed by atoms with van der Waals surface area (Å²) >= 11 is 0. The van der Waals surface area contributed by atoms with Crippen molar-refractivity contribution in [3.63, 3.8) is 0 Å². The number of esters is 1. The third-order valence-electron chi connectivity index (χ3n) is 14.9. The van der Waals surface area contributed by atoms with Gasteiger partial charge in [0.15, 0.2) is 5.78 Å².